The molecule has 0 fully saturated rings. The molecule has 2 heterocycles. The first kappa shape index (κ1) is 8.61. The van der Waals surface area contributed by atoms with Crippen LogP contribution in [-0.4, -0.2) is 15.2 Å². The van der Waals surface area contributed by atoms with E-state index in [4.69, 9.17) is 4.42 Å². The summed E-state index contributed by atoms with van der Waals surface area (Å²) in [6.07, 6.45) is 3.46. The SMILES string of the molecule is Cc1nnc(-c2ccncc2I)o1. The molecule has 0 N–H and O–H groups in total. The fourth-order valence-electron chi connectivity index (χ4n) is 0.954. The van der Waals surface area contributed by atoms with Crippen LogP contribution in [0.2, 0.25) is 0 Å². The number of pyridine rings is 1. The van der Waals surface area contributed by atoms with E-state index in [2.05, 4.69) is 37.8 Å². The molecule has 13 heavy (non-hydrogen) atoms. The second-order valence-corrected chi connectivity index (χ2v) is 3.64. The zero-order valence-electron chi connectivity index (χ0n) is 6.86. The van der Waals surface area contributed by atoms with Gasteiger partial charge in [-0.05, 0) is 28.7 Å². The number of nitrogens with zero attached hydrogens (tertiary/aromatic N) is 3. The summed E-state index contributed by atoms with van der Waals surface area (Å²) in [4.78, 5) is 3.98. The molecule has 5 heteroatoms. The second kappa shape index (κ2) is 3.41. The molecule has 0 saturated heterocycles. The lowest BCUT2D eigenvalue weighted by molar-refractivity contribution is 0.532. The van der Waals surface area contributed by atoms with Crippen LogP contribution < -0.4 is 0 Å². The normalized spacial score (nSPS) is 10.3. The van der Waals surface area contributed by atoms with Crippen LogP contribution in [0.1, 0.15) is 5.89 Å². The topological polar surface area (TPSA) is 51.8 Å². The average molecular weight is 287 g/mol. The third-order valence-corrected chi connectivity index (χ3v) is 2.39. The molecule has 4 nitrogen and oxygen atoms in total. The van der Waals surface area contributed by atoms with E-state index in [0.717, 1.165) is 9.13 Å². The molecule has 2 aromatic heterocycles. The van der Waals surface area contributed by atoms with Crippen molar-refractivity contribution >= 4 is 22.6 Å². The molecule has 0 aliphatic heterocycles. The summed E-state index contributed by atoms with van der Waals surface area (Å²) < 4.78 is 6.30. The Labute approximate surface area is 88.5 Å². The summed E-state index contributed by atoms with van der Waals surface area (Å²) in [6.45, 7) is 1.77. The molecule has 0 saturated carbocycles. The monoisotopic (exact) mass is 287 g/mol. The Bertz CT molecular complexity index is 427. The minimum absolute atomic E-state index is 0.546. The third kappa shape index (κ3) is 1.69. The van der Waals surface area contributed by atoms with E-state index < -0.39 is 0 Å². The van der Waals surface area contributed by atoms with Crippen molar-refractivity contribution in [2.45, 2.75) is 6.92 Å². The number of aryl methyl sites for hydroxylation is 1. The fourth-order valence-corrected chi connectivity index (χ4v) is 1.53. The van der Waals surface area contributed by atoms with Crippen LogP contribution >= 0.6 is 22.6 Å². The van der Waals surface area contributed by atoms with Gasteiger partial charge in [0.05, 0.1) is 5.56 Å². The molecule has 2 rings (SSSR count). The van der Waals surface area contributed by atoms with E-state index in [9.17, 15) is 0 Å². The molecule has 0 spiro atoms. The van der Waals surface area contributed by atoms with Gasteiger partial charge in [0.15, 0.2) is 0 Å². The molecule has 0 atom stereocenters. The second-order valence-electron chi connectivity index (χ2n) is 2.48. The van der Waals surface area contributed by atoms with Crippen LogP contribution in [-0.2, 0) is 0 Å². The molecule has 0 bridgehead atoms. The third-order valence-electron chi connectivity index (χ3n) is 1.53. The Hall–Kier alpha value is -0.980. The standard InChI is InChI=1S/C8H6IN3O/c1-5-11-12-8(13-5)6-2-3-10-4-7(6)9/h2-4H,1H3. The molecule has 0 unspecified atom stereocenters. The largest absolute Gasteiger partial charge is 0.421 e. The van der Waals surface area contributed by atoms with Gasteiger partial charge in [0, 0.05) is 22.9 Å². The van der Waals surface area contributed by atoms with Crippen LogP contribution in [0, 0.1) is 10.5 Å². The van der Waals surface area contributed by atoms with Crippen LogP contribution in [0.4, 0.5) is 0 Å². The fraction of sp³-hybridized carbons (Fsp3) is 0.125. The Morgan fingerprint density at radius 3 is 2.85 bits per heavy atom. The van der Waals surface area contributed by atoms with Crippen molar-refractivity contribution in [2.24, 2.45) is 0 Å². The summed E-state index contributed by atoms with van der Waals surface area (Å²) in [7, 11) is 0. The minimum atomic E-state index is 0.546. The molecule has 66 valence electrons. The smallest absolute Gasteiger partial charge is 0.248 e. The van der Waals surface area contributed by atoms with E-state index in [1.165, 1.54) is 0 Å². The summed E-state index contributed by atoms with van der Waals surface area (Å²) in [5.41, 5.74) is 0.927. The van der Waals surface area contributed by atoms with Gasteiger partial charge in [-0.15, -0.1) is 10.2 Å². The summed E-state index contributed by atoms with van der Waals surface area (Å²) in [5.74, 6) is 1.12. The zero-order valence-corrected chi connectivity index (χ0v) is 9.02. The highest BCUT2D eigenvalue weighted by Crippen LogP contribution is 2.22. The van der Waals surface area contributed by atoms with Gasteiger partial charge in [0.25, 0.3) is 0 Å². The Morgan fingerprint density at radius 2 is 2.23 bits per heavy atom. The van der Waals surface area contributed by atoms with Gasteiger partial charge in [0.1, 0.15) is 0 Å². The van der Waals surface area contributed by atoms with E-state index in [0.29, 0.717) is 11.8 Å². The molecule has 0 aliphatic rings. The van der Waals surface area contributed by atoms with Crippen molar-refractivity contribution in [3.63, 3.8) is 0 Å². The van der Waals surface area contributed by atoms with Crippen LogP contribution in [0.5, 0.6) is 0 Å². The summed E-state index contributed by atoms with van der Waals surface area (Å²) in [6, 6.07) is 1.86. The van der Waals surface area contributed by atoms with Crippen molar-refractivity contribution in [3.05, 3.63) is 27.9 Å². The number of hydrogen-bond donors (Lipinski definition) is 0. The van der Waals surface area contributed by atoms with Gasteiger partial charge < -0.3 is 4.42 Å². The summed E-state index contributed by atoms with van der Waals surface area (Å²) >= 11 is 2.18. The average Bonchev–Trinajstić information content (AvgIpc) is 2.53. The first-order chi connectivity index (χ1) is 6.27. The van der Waals surface area contributed by atoms with Crippen molar-refractivity contribution in [1.29, 1.82) is 0 Å². The molecular formula is C8H6IN3O. The van der Waals surface area contributed by atoms with Gasteiger partial charge in [-0.3, -0.25) is 4.98 Å². The molecular weight excluding hydrogens is 281 g/mol. The Balaban J connectivity index is 2.52. The van der Waals surface area contributed by atoms with Gasteiger partial charge in [0.2, 0.25) is 11.8 Å². The van der Waals surface area contributed by atoms with E-state index in [1.807, 2.05) is 6.07 Å². The van der Waals surface area contributed by atoms with E-state index in [1.54, 1.807) is 19.3 Å². The maximum Gasteiger partial charge on any atom is 0.248 e. The van der Waals surface area contributed by atoms with Crippen LogP contribution in [0.3, 0.4) is 0 Å². The highest BCUT2D eigenvalue weighted by Gasteiger charge is 2.08. The predicted molar refractivity (Wildman–Crippen MR) is 55.0 cm³/mol. The van der Waals surface area contributed by atoms with Crippen molar-refractivity contribution in [1.82, 2.24) is 15.2 Å². The Morgan fingerprint density at radius 1 is 1.38 bits per heavy atom. The Kier molecular flexibility index (Phi) is 2.26. The van der Waals surface area contributed by atoms with Gasteiger partial charge in [-0.2, -0.15) is 0 Å². The predicted octanol–water partition coefficient (Wildman–Crippen LogP) is 2.04. The highest BCUT2D eigenvalue weighted by atomic mass is 127. The lowest BCUT2D eigenvalue weighted by atomic mass is 10.3. The maximum absolute atomic E-state index is 5.30. The molecule has 0 aromatic carbocycles. The molecule has 2 aromatic rings. The summed E-state index contributed by atoms with van der Waals surface area (Å²) in [5, 5.41) is 7.69. The van der Waals surface area contributed by atoms with Crippen molar-refractivity contribution in [2.75, 3.05) is 0 Å². The first-order valence-corrected chi connectivity index (χ1v) is 4.75. The number of halogens is 1. The first-order valence-electron chi connectivity index (χ1n) is 3.67. The maximum atomic E-state index is 5.30. The van der Waals surface area contributed by atoms with Crippen molar-refractivity contribution < 1.29 is 4.42 Å². The number of hydrogen-bond acceptors (Lipinski definition) is 4. The van der Waals surface area contributed by atoms with Gasteiger partial charge >= 0.3 is 0 Å². The quantitative estimate of drug-likeness (QED) is 0.753. The minimum Gasteiger partial charge on any atom is -0.421 e. The van der Waals surface area contributed by atoms with E-state index >= 15 is 0 Å². The van der Waals surface area contributed by atoms with Crippen LogP contribution in [0.15, 0.2) is 22.9 Å². The van der Waals surface area contributed by atoms with E-state index in [-0.39, 0.29) is 0 Å². The van der Waals surface area contributed by atoms with Crippen LogP contribution in [0.25, 0.3) is 11.5 Å². The van der Waals surface area contributed by atoms with Crippen molar-refractivity contribution in [3.8, 4) is 11.5 Å². The lowest BCUT2D eigenvalue weighted by Crippen LogP contribution is -1.83. The zero-order chi connectivity index (χ0) is 9.26. The molecule has 0 amide bonds. The highest BCUT2D eigenvalue weighted by molar-refractivity contribution is 14.1. The number of rotatable bonds is 1. The molecule has 0 aliphatic carbocycles. The molecule has 0 radical (unpaired) electrons. The lowest BCUT2D eigenvalue weighted by Gasteiger charge is -1.95. The van der Waals surface area contributed by atoms with Gasteiger partial charge in [-0.1, -0.05) is 0 Å². The number of aromatic nitrogens is 3. The van der Waals surface area contributed by atoms with Gasteiger partial charge in [-0.25, -0.2) is 0 Å².